The highest BCUT2D eigenvalue weighted by Crippen LogP contribution is 2.12. The Morgan fingerprint density at radius 2 is 1.50 bits per heavy atom. The number of rotatable bonds is 2. The molecule has 0 spiro atoms. The van der Waals surface area contributed by atoms with Gasteiger partial charge in [0.15, 0.2) is 0 Å². The van der Waals surface area contributed by atoms with Crippen LogP contribution in [-0.4, -0.2) is 14.6 Å². The zero-order chi connectivity index (χ0) is 13.0. The summed E-state index contributed by atoms with van der Waals surface area (Å²) in [5.41, 5.74) is 1.41. The average molecular weight is 248 g/mol. The maximum Gasteiger partial charge on any atom is 0.118 e. The SMILES string of the molecule is C#Cc1cc(O)cc(C#C)c1[SiH2]c1ccccc1. The standard InChI is InChI=1S/C16H12OSi/c1-3-12-10-14(17)11-13(4-2)16(12)18-15-8-6-5-7-9-15/h1-2,5-11,17H,18H2. The van der Waals surface area contributed by atoms with Gasteiger partial charge in [-0.1, -0.05) is 47.4 Å². The maximum atomic E-state index is 9.57. The van der Waals surface area contributed by atoms with Crippen LogP contribution in [0.5, 0.6) is 5.75 Å². The average Bonchev–Trinajstić information content (AvgIpc) is 2.41. The highest BCUT2D eigenvalue weighted by atomic mass is 28.2. The molecule has 86 valence electrons. The summed E-state index contributed by atoms with van der Waals surface area (Å²) in [6, 6.07) is 13.4. The first kappa shape index (κ1) is 12.0. The highest BCUT2D eigenvalue weighted by molar-refractivity contribution is 6.68. The van der Waals surface area contributed by atoms with E-state index in [-0.39, 0.29) is 5.75 Å². The monoisotopic (exact) mass is 248 g/mol. The van der Waals surface area contributed by atoms with Gasteiger partial charge in [-0.15, -0.1) is 12.8 Å². The first-order valence-electron chi connectivity index (χ1n) is 5.57. The van der Waals surface area contributed by atoms with Crippen molar-refractivity contribution < 1.29 is 5.11 Å². The number of terminal acetylenes is 2. The van der Waals surface area contributed by atoms with Crippen LogP contribution < -0.4 is 10.4 Å². The normalized spacial score (nSPS) is 10.1. The van der Waals surface area contributed by atoms with Gasteiger partial charge in [-0.3, -0.25) is 0 Å². The van der Waals surface area contributed by atoms with Crippen molar-refractivity contribution >= 4 is 19.9 Å². The van der Waals surface area contributed by atoms with E-state index in [1.807, 2.05) is 18.2 Å². The molecular weight excluding hydrogens is 236 g/mol. The Labute approximate surface area is 109 Å². The molecule has 2 aromatic carbocycles. The fraction of sp³-hybridized carbons (Fsp3) is 0. The molecule has 2 aromatic rings. The lowest BCUT2D eigenvalue weighted by Gasteiger charge is -2.08. The van der Waals surface area contributed by atoms with E-state index in [9.17, 15) is 5.11 Å². The van der Waals surface area contributed by atoms with E-state index in [1.165, 1.54) is 5.19 Å². The molecule has 0 aromatic heterocycles. The molecule has 0 atom stereocenters. The van der Waals surface area contributed by atoms with E-state index in [4.69, 9.17) is 12.8 Å². The molecule has 0 radical (unpaired) electrons. The minimum absolute atomic E-state index is 0.127. The third-order valence-electron chi connectivity index (χ3n) is 2.77. The van der Waals surface area contributed by atoms with E-state index in [0.29, 0.717) is 11.1 Å². The third-order valence-corrected chi connectivity index (χ3v) is 4.76. The van der Waals surface area contributed by atoms with E-state index in [2.05, 4.69) is 24.0 Å². The fourth-order valence-electron chi connectivity index (χ4n) is 1.90. The molecule has 0 heterocycles. The van der Waals surface area contributed by atoms with E-state index in [1.54, 1.807) is 12.1 Å². The van der Waals surface area contributed by atoms with Crippen molar-refractivity contribution in [1.82, 2.24) is 0 Å². The molecule has 0 amide bonds. The zero-order valence-electron chi connectivity index (χ0n) is 9.85. The Balaban J connectivity index is 2.51. The van der Waals surface area contributed by atoms with Crippen LogP contribution >= 0.6 is 0 Å². The second-order valence-corrected chi connectivity index (χ2v) is 5.85. The van der Waals surface area contributed by atoms with Gasteiger partial charge >= 0.3 is 0 Å². The van der Waals surface area contributed by atoms with Gasteiger partial charge in [0.05, 0.1) is 9.52 Å². The molecule has 0 saturated heterocycles. The summed E-state index contributed by atoms with van der Waals surface area (Å²) in [6.07, 6.45) is 11.0. The van der Waals surface area contributed by atoms with E-state index < -0.39 is 9.52 Å². The lowest BCUT2D eigenvalue weighted by Crippen LogP contribution is -2.31. The Bertz CT molecular complexity index is 610. The van der Waals surface area contributed by atoms with Crippen molar-refractivity contribution in [2.45, 2.75) is 0 Å². The molecule has 1 N–H and O–H groups in total. The molecule has 0 aliphatic carbocycles. The summed E-state index contributed by atoms with van der Waals surface area (Å²) in [7, 11) is -0.726. The Morgan fingerprint density at radius 1 is 0.944 bits per heavy atom. The lowest BCUT2D eigenvalue weighted by atomic mass is 10.1. The van der Waals surface area contributed by atoms with Gasteiger partial charge in [0, 0.05) is 11.1 Å². The second-order valence-electron chi connectivity index (χ2n) is 3.97. The van der Waals surface area contributed by atoms with Crippen LogP contribution in [0, 0.1) is 24.7 Å². The predicted molar refractivity (Wildman–Crippen MR) is 78.2 cm³/mol. The first-order chi connectivity index (χ1) is 8.74. The summed E-state index contributed by atoms with van der Waals surface area (Å²) in [4.78, 5) is 0. The maximum absolute atomic E-state index is 9.57. The molecule has 0 fully saturated rings. The zero-order valence-corrected chi connectivity index (χ0v) is 11.3. The molecule has 0 unspecified atom stereocenters. The molecule has 0 aliphatic rings. The van der Waals surface area contributed by atoms with Gasteiger partial charge in [0.2, 0.25) is 0 Å². The molecule has 0 aliphatic heterocycles. The summed E-state index contributed by atoms with van der Waals surface area (Å²) in [6.45, 7) is 0. The molecule has 0 saturated carbocycles. The van der Waals surface area contributed by atoms with Crippen molar-refractivity contribution in [3.05, 3.63) is 53.6 Å². The predicted octanol–water partition coefficient (Wildman–Crippen LogP) is 0.474. The smallest absolute Gasteiger partial charge is 0.118 e. The third kappa shape index (κ3) is 2.45. The second kappa shape index (κ2) is 5.27. The van der Waals surface area contributed by atoms with Gasteiger partial charge in [-0.2, -0.15) is 0 Å². The number of phenols is 1. The molecule has 2 heteroatoms. The fourth-order valence-corrected chi connectivity index (χ4v) is 3.61. The van der Waals surface area contributed by atoms with Crippen LogP contribution in [0.4, 0.5) is 0 Å². The Kier molecular flexibility index (Phi) is 3.53. The molecular formula is C16H12OSi. The summed E-state index contributed by atoms with van der Waals surface area (Å²) in [5, 5.41) is 11.9. The topological polar surface area (TPSA) is 20.2 Å². The van der Waals surface area contributed by atoms with Crippen molar-refractivity contribution in [3.8, 4) is 30.4 Å². The van der Waals surface area contributed by atoms with Gasteiger partial charge in [-0.05, 0) is 17.3 Å². The largest absolute Gasteiger partial charge is 0.508 e. The van der Waals surface area contributed by atoms with E-state index >= 15 is 0 Å². The first-order valence-corrected chi connectivity index (χ1v) is 6.99. The highest BCUT2D eigenvalue weighted by Gasteiger charge is 2.09. The lowest BCUT2D eigenvalue weighted by molar-refractivity contribution is 0.475. The Hall–Kier alpha value is -2.42. The van der Waals surface area contributed by atoms with Gasteiger partial charge < -0.3 is 5.11 Å². The minimum atomic E-state index is -0.726. The van der Waals surface area contributed by atoms with Crippen molar-refractivity contribution in [2.75, 3.05) is 0 Å². The minimum Gasteiger partial charge on any atom is -0.508 e. The molecule has 2 rings (SSSR count). The van der Waals surface area contributed by atoms with E-state index in [0.717, 1.165) is 5.19 Å². The van der Waals surface area contributed by atoms with Gasteiger partial charge in [0.25, 0.3) is 0 Å². The Morgan fingerprint density at radius 3 is 2.00 bits per heavy atom. The van der Waals surface area contributed by atoms with Crippen molar-refractivity contribution in [3.63, 3.8) is 0 Å². The van der Waals surface area contributed by atoms with Crippen LogP contribution in [0.15, 0.2) is 42.5 Å². The quantitative estimate of drug-likeness (QED) is 0.605. The van der Waals surface area contributed by atoms with Crippen LogP contribution in [0.25, 0.3) is 0 Å². The van der Waals surface area contributed by atoms with Crippen LogP contribution in [0.1, 0.15) is 11.1 Å². The summed E-state index contributed by atoms with van der Waals surface area (Å²) >= 11 is 0. The summed E-state index contributed by atoms with van der Waals surface area (Å²) in [5.74, 6) is 5.35. The molecule has 0 bridgehead atoms. The molecule has 18 heavy (non-hydrogen) atoms. The van der Waals surface area contributed by atoms with Crippen molar-refractivity contribution in [1.29, 1.82) is 0 Å². The number of hydrogen-bond donors (Lipinski definition) is 1. The van der Waals surface area contributed by atoms with Crippen molar-refractivity contribution in [2.24, 2.45) is 0 Å². The number of phenolic OH excluding ortho intramolecular Hbond substituents is 1. The molecule has 1 nitrogen and oxygen atoms in total. The number of hydrogen-bond acceptors (Lipinski definition) is 1. The van der Waals surface area contributed by atoms with Crippen LogP contribution in [-0.2, 0) is 0 Å². The van der Waals surface area contributed by atoms with Crippen LogP contribution in [0.3, 0.4) is 0 Å². The number of benzene rings is 2. The van der Waals surface area contributed by atoms with Crippen LogP contribution in [0.2, 0.25) is 0 Å². The number of aromatic hydroxyl groups is 1. The van der Waals surface area contributed by atoms with Gasteiger partial charge in [-0.25, -0.2) is 0 Å². The van der Waals surface area contributed by atoms with Gasteiger partial charge in [0.1, 0.15) is 5.75 Å². The summed E-state index contributed by atoms with van der Waals surface area (Å²) < 4.78 is 0.